The highest BCUT2D eigenvalue weighted by Gasteiger charge is 2.63. The highest BCUT2D eigenvalue weighted by Crippen LogP contribution is 2.64. The summed E-state index contributed by atoms with van der Waals surface area (Å²) in [7, 11) is 1.78. The van der Waals surface area contributed by atoms with Crippen molar-refractivity contribution in [3.05, 3.63) is 47.1 Å². The summed E-state index contributed by atoms with van der Waals surface area (Å²) in [6.45, 7) is 13.0. The lowest BCUT2D eigenvalue weighted by molar-refractivity contribution is -0.256. The van der Waals surface area contributed by atoms with Crippen molar-refractivity contribution in [3.63, 3.8) is 0 Å². The number of allylic oxidation sites excluding steroid dienone is 2. The van der Waals surface area contributed by atoms with E-state index in [1.54, 1.807) is 13.4 Å². The molecule has 31 heavy (non-hydrogen) atoms. The van der Waals surface area contributed by atoms with Gasteiger partial charge in [-0.3, -0.25) is 0 Å². The fraction of sp³-hybridized carbons (Fsp3) is 0.654. The van der Waals surface area contributed by atoms with Gasteiger partial charge in [0.1, 0.15) is 11.5 Å². The van der Waals surface area contributed by atoms with Gasteiger partial charge in [0.05, 0.1) is 18.5 Å². The molecule has 5 atom stereocenters. The molecule has 0 radical (unpaired) electrons. The van der Waals surface area contributed by atoms with Crippen molar-refractivity contribution in [2.45, 2.75) is 77.9 Å². The third-order valence-electron chi connectivity index (χ3n) is 7.93. The van der Waals surface area contributed by atoms with Gasteiger partial charge in [-0.05, 0) is 77.4 Å². The van der Waals surface area contributed by atoms with E-state index in [2.05, 4.69) is 26.8 Å². The van der Waals surface area contributed by atoms with E-state index in [0.29, 0.717) is 18.4 Å². The number of esters is 1. The van der Waals surface area contributed by atoms with Crippen LogP contribution in [0.1, 0.15) is 76.9 Å². The lowest BCUT2D eigenvalue weighted by Crippen LogP contribution is -2.59. The molecule has 0 aromatic carbocycles. The SMILES string of the molecule is COC12COC(C)(C)C3CCC(C)(CC31)C(C=COC(=O)C=C(C)C)c1cc(C)oc12. The highest BCUT2D eigenvalue weighted by atomic mass is 16.6. The number of fused-ring (bicyclic) bond motifs is 3. The van der Waals surface area contributed by atoms with Crippen LogP contribution in [0, 0.1) is 24.2 Å². The smallest absolute Gasteiger partial charge is 0.335 e. The average Bonchev–Trinajstić information content (AvgIpc) is 3.04. The van der Waals surface area contributed by atoms with Crippen LogP contribution in [0.15, 0.2) is 34.5 Å². The first kappa shape index (κ1) is 22.3. The number of carbonyl (C=O) groups excluding carboxylic acids is 1. The number of aryl methyl sites for hydroxylation is 1. The lowest BCUT2D eigenvalue weighted by Gasteiger charge is -2.57. The topological polar surface area (TPSA) is 57.9 Å². The minimum Gasteiger partial charge on any atom is -0.463 e. The predicted octanol–water partition coefficient (Wildman–Crippen LogP) is 5.78. The molecule has 1 saturated carbocycles. The standard InChI is InChI=1S/C26H36O5/c1-16(2)12-22(27)29-11-9-19-18-13-17(3)31-23(18)26(28-7)15-30-24(4,5)20-8-10-25(19,6)14-21(20)26/h9,11-13,19-21H,8,10,14-15H2,1-7H3. The second-order valence-corrected chi connectivity index (χ2v) is 10.7. The minimum absolute atomic E-state index is 0.0132. The van der Waals surface area contributed by atoms with E-state index in [0.717, 1.165) is 41.9 Å². The Kier molecular flexibility index (Phi) is 5.50. The normalized spacial score (nSPS) is 35.9. The molecule has 0 N–H and O–H groups in total. The molecular formula is C26H36O5. The first-order chi connectivity index (χ1) is 14.5. The van der Waals surface area contributed by atoms with Crippen LogP contribution in [0.5, 0.6) is 0 Å². The quantitative estimate of drug-likeness (QED) is 0.346. The summed E-state index contributed by atoms with van der Waals surface area (Å²) >= 11 is 0. The number of hydrogen-bond acceptors (Lipinski definition) is 5. The van der Waals surface area contributed by atoms with Crippen molar-refractivity contribution in [1.29, 1.82) is 0 Å². The Morgan fingerprint density at radius 2 is 1.97 bits per heavy atom. The molecule has 170 valence electrons. The van der Waals surface area contributed by atoms with Crippen LogP contribution in [-0.4, -0.2) is 25.3 Å². The zero-order chi connectivity index (χ0) is 22.6. The molecule has 5 nitrogen and oxygen atoms in total. The zero-order valence-corrected chi connectivity index (χ0v) is 19.9. The van der Waals surface area contributed by atoms with Crippen LogP contribution in [0.2, 0.25) is 0 Å². The Balaban J connectivity index is 1.79. The van der Waals surface area contributed by atoms with Gasteiger partial charge in [-0.15, -0.1) is 0 Å². The molecular weight excluding hydrogens is 392 g/mol. The van der Waals surface area contributed by atoms with Crippen molar-refractivity contribution < 1.29 is 23.4 Å². The second-order valence-electron chi connectivity index (χ2n) is 10.7. The van der Waals surface area contributed by atoms with Crippen LogP contribution in [0.3, 0.4) is 0 Å². The molecule has 4 rings (SSSR count). The van der Waals surface area contributed by atoms with Gasteiger partial charge in [0.2, 0.25) is 0 Å². The molecule has 2 heterocycles. The first-order valence-corrected chi connectivity index (χ1v) is 11.3. The third kappa shape index (κ3) is 3.60. The molecule has 5 heteroatoms. The zero-order valence-electron chi connectivity index (χ0n) is 19.9. The largest absolute Gasteiger partial charge is 0.463 e. The molecule has 3 aliphatic rings. The fourth-order valence-corrected chi connectivity index (χ4v) is 6.34. The Bertz CT molecular complexity index is 918. The summed E-state index contributed by atoms with van der Waals surface area (Å²) in [5.74, 6) is 2.17. The van der Waals surface area contributed by atoms with Crippen LogP contribution in [-0.2, 0) is 24.6 Å². The lowest BCUT2D eigenvalue weighted by atomic mass is 9.55. The molecule has 0 spiro atoms. The van der Waals surface area contributed by atoms with E-state index in [-0.39, 0.29) is 22.9 Å². The van der Waals surface area contributed by atoms with Crippen molar-refractivity contribution in [2.75, 3.05) is 13.7 Å². The molecule has 1 aromatic rings. The number of carbonyl (C=O) groups is 1. The Morgan fingerprint density at radius 3 is 2.65 bits per heavy atom. The van der Waals surface area contributed by atoms with Gasteiger partial charge in [-0.25, -0.2) is 4.79 Å². The molecule has 0 amide bonds. The van der Waals surface area contributed by atoms with Gasteiger partial charge in [0.15, 0.2) is 5.60 Å². The number of methoxy groups -OCH3 is 1. The fourth-order valence-electron chi connectivity index (χ4n) is 6.34. The van der Waals surface area contributed by atoms with Gasteiger partial charge in [-0.2, -0.15) is 0 Å². The number of hydrogen-bond donors (Lipinski definition) is 0. The molecule has 5 unspecified atom stereocenters. The Hall–Kier alpha value is -1.85. The van der Waals surface area contributed by atoms with Crippen molar-refractivity contribution in [1.82, 2.24) is 0 Å². The van der Waals surface area contributed by atoms with Crippen LogP contribution in [0.4, 0.5) is 0 Å². The maximum Gasteiger partial charge on any atom is 0.335 e. The van der Waals surface area contributed by atoms with E-state index in [4.69, 9.17) is 18.6 Å². The summed E-state index contributed by atoms with van der Waals surface area (Å²) < 4.78 is 24.4. The molecule has 2 bridgehead atoms. The molecule has 1 saturated heterocycles. The summed E-state index contributed by atoms with van der Waals surface area (Å²) in [4.78, 5) is 12.0. The van der Waals surface area contributed by atoms with Crippen LogP contribution >= 0.6 is 0 Å². The van der Waals surface area contributed by atoms with E-state index in [9.17, 15) is 4.79 Å². The van der Waals surface area contributed by atoms with E-state index in [1.807, 2.05) is 26.8 Å². The van der Waals surface area contributed by atoms with Gasteiger partial charge in [-0.1, -0.05) is 12.5 Å². The van der Waals surface area contributed by atoms with Gasteiger partial charge >= 0.3 is 5.97 Å². The van der Waals surface area contributed by atoms with Crippen molar-refractivity contribution >= 4 is 5.97 Å². The molecule has 2 fully saturated rings. The Labute approximate surface area is 185 Å². The summed E-state index contributed by atoms with van der Waals surface area (Å²) in [6.07, 6.45) is 8.26. The van der Waals surface area contributed by atoms with Gasteiger partial charge in [0.25, 0.3) is 0 Å². The number of ether oxygens (including phenoxy) is 3. The third-order valence-corrected chi connectivity index (χ3v) is 7.93. The predicted molar refractivity (Wildman–Crippen MR) is 119 cm³/mol. The van der Waals surface area contributed by atoms with Crippen molar-refractivity contribution in [2.24, 2.45) is 17.3 Å². The van der Waals surface area contributed by atoms with Crippen molar-refractivity contribution in [3.8, 4) is 0 Å². The Morgan fingerprint density at radius 1 is 1.23 bits per heavy atom. The monoisotopic (exact) mass is 428 g/mol. The van der Waals surface area contributed by atoms with Gasteiger partial charge in [0, 0.05) is 30.6 Å². The van der Waals surface area contributed by atoms with E-state index >= 15 is 0 Å². The van der Waals surface area contributed by atoms with Gasteiger partial charge < -0.3 is 18.6 Å². The second kappa shape index (κ2) is 7.63. The first-order valence-electron chi connectivity index (χ1n) is 11.3. The molecule has 1 aromatic heterocycles. The average molecular weight is 429 g/mol. The molecule has 2 aliphatic carbocycles. The molecule has 1 aliphatic heterocycles. The van der Waals surface area contributed by atoms with Crippen LogP contribution in [0.25, 0.3) is 0 Å². The maximum absolute atomic E-state index is 12.0. The summed E-state index contributed by atoms with van der Waals surface area (Å²) in [6, 6.07) is 2.13. The van der Waals surface area contributed by atoms with Crippen LogP contribution < -0.4 is 0 Å². The summed E-state index contributed by atoms with van der Waals surface area (Å²) in [5.41, 5.74) is 1.28. The highest BCUT2D eigenvalue weighted by molar-refractivity contribution is 5.83. The number of furan rings is 1. The maximum atomic E-state index is 12.0. The number of rotatable bonds is 4. The summed E-state index contributed by atoms with van der Waals surface area (Å²) in [5, 5.41) is 0. The van der Waals surface area contributed by atoms with E-state index in [1.165, 1.54) is 6.08 Å². The minimum atomic E-state index is -0.590. The van der Waals surface area contributed by atoms with E-state index < -0.39 is 5.60 Å².